The maximum absolute atomic E-state index is 3.24. The van der Waals surface area contributed by atoms with Crippen LogP contribution in [0.4, 0.5) is 0 Å². The molecule has 1 aliphatic heterocycles. The van der Waals surface area contributed by atoms with Crippen molar-refractivity contribution in [1.82, 2.24) is 10.4 Å². The van der Waals surface area contributed by atoms with Gasteiger partial charge in [0.2, 0.25) is 0 Å². The lowest BCUT2D eigenvalue weighted by atomic mass is 10.5. The van der Waals surface area contributed by atoms with E-state index in [1.165, 1.54) is 19.5 Å². The number of rotatable bonds is 1. The first-order chi connectivity index (χ1) is 3.43. The molecule has 1 rings (SSSR count). The summed E-state index contributed by atoms with van der Waals surface area (Å²) >= 11 is 0. The van der Waals surface area contributed by atoms with Gasteiger partial charge in [-0.2, -0.15) is 0 Å². The predicted molar refractivity (Wildman–Crippen MR) is 29.9 cm³/mol. The van der Waals surface area contributed by atoms with Crippen LogP contribution in [0.25, 0.3) is 0 Å². The van der Waals surface area contributed by atoms with Gasteiger partial charge in [-0.25, -0.2) is 5.01 Å². The van der Waals surface area contributed by atoms with Crippen molar-refractivity contribution in [3.05, 3.63) is 0 Å². The van der Waals surface area contributed by atoms with Gasteiger partial charge < -0.3 is 0 Å². The molecule has 0 spiro atoms. The average molecular weight is 100 g/mol. The molecule has 1 saturated heterocycles. The van der Waals surface area contributed by atoms with Crippen LogP contribution in [-0.2, 0) is 0 Å². The normalized spacial score (nSPS) is 23.6. The summed E-state index contributed by atoms with van der Waals surface area (Å²) in [6, 6.07) is 0. The third-order valence-electron chi connectivity index (χ3n) is 1.32. The van der Waals surface area contributed by atoms with Gasteiger partial charge in [0.15, 0.2) is 0 Å². The van der Waals surface area contributed by atoms with Crippen LogP contribution in [0.2, 0.25) is 0 Å². The van der Waals surface area contributed by atoms with E-state index in [2.05, 4.69) is 17.4 Å². The molecule has 1 N–H and O–H groups in total. The largest absolute Gasteiger partial charge is 0.255 e. The number of nitrogens with zero attached hydrogens (tertiary/aromatic N) is 1. The van der Waals surface area contributed by atoms with Crippen molar-refractivity contribution in [3.63, 3.8) is 0 Å². The molecule has 42 valence electrons. The van der Waals surface area contributed by atoms with Gasteiger partial charge in [0.25, 0.3) is 0 Å². The van der Waals surface area contributed by atoms with E-state index >= 15 is 0 Å². The predicted octanol–water partition coefficient (Wildman–Crippen LogP) is 0.217. The topological polar surface area (TPSA) is 15.3 Å². The van der Waals surface area contributed by atoms with Crippen LogP contribution in [-0.4, -0.2) is 24.6 Å². The van der Waals surface area contributed by atoms with E-state index in [9.17, 15) is 0 Å². The first-order valence-corrected chi connectivity index (χ1v) is 2.92. The molecular formula is C5H12N2. The highest BCUT2D eigenvalue weighted by Gasteiger charge is 2.05. The summed E-state index contributed by atoms with van der Waals surface area (Å²) in [7, 11) is 0. The molecule has 0 aromatic rings. The maximum atomic E-state index is 3.24. The zero-order chi connectivity index (χ0) is 5.11. The van der Waals surface area contributed by atoms with Crippen LogP contribution in [0.15, 0.2) is 0 Å². The van der Waals surface area contributed by atoms with E-state index in [1.54, 1.807) is 0 Å². The quantitative estimate of drug-likeness (QED) is 0.507. The molecule has 2 heteroatoms. The van der Waals surface area contributed by atoms with E-state index in [-0.39, 0.29) is 0 Å². The molecule has 0 atom stereocenters. The lowest BCUT2D eigenvalue weighted by molar-refractivity contribution is 0.268. The Balaban J connectivity index is 2.14. The van der Waals surface area contributed by atoms with Gasteiger partial charge in [-0.1, -0.05) is 6.92 Å². The third kappa shape index (κ3) is 1.14. The highest BCUT2D eigenvalue weighted by atomic mass is 15.5. The summed E-state index contributed by atoms with van der Waals surface area (Å²) in [5.74, 6) is 0. The molecule has 0 unspecified atom stereocenters. The monoisotopic (exact) mass is 100 g/mol. The van der Waals surface area contributed by atoms with E-state index in [0.29, 0.717) is 0 Å². The van der Waals surface area contributed by atoms with Gasteiger partial charge >= 0.3 is 0 Å². The first kappa shape index (κ1) is 5.06. The first-order valence-electron chi connectivity index (χ1n) is 2.92. The van der Waals surface area contributed by atoms with Crippen LogP contribution < -0.4 is 5.43 Å². The van der Waals surface area contributed by atoms with Crippen LogP contribution in [0.5, 0.6) is 0 Å². The Bertz CT molecular complexity index is 48.0. The number of hydrogen-bond acceptors (Lipinski definition) is 2. The lowest BCUT2D eigenvalue weighted by Gasteiger charge is -2.09. The second kappa shape index (κ2) is 2.28. The summed E-state index contributed by atoms with van der Waals surface area (Å²) in [5, 5.41) is 2.24. The SMILES string of the molecule is CCN1CCCN1. The van der Waals surface area contributed by atoms with E-state index in [0.717, 1.165) is 6.54 Å². The van der Waals surface area contributed by atoms with E-state index in [1.807, 2.05) is 0 Å². The zero-order valence-corrected chi connectivity index (χ0v) is 4.78. The van der Waals surface area contributed by atoms with Gasteiger partial charge in [0.1, 0.15) is 0 Å². The van der Waals surface area contributed by atoms with Crippen molar-refractivity contribution in [2.45, 2.75) is 13.3 Å². The Kier molecular flexibility index (Phi) is 1.65. The lowest BCUT2D eigenvalue weighted by Crippen LogP contribution is -2.29. The molecular weight excluding hydrogens is 88.1 g/mol. The molecule has 2 nitrogen and oxygen atoms in total. The van der Waals surface area contributed by atoms with Gasteiger partial charge in [-0.3, -0.25) is 5.43 Å². The molecule has 0 aromatic carbocycles. The van der Waals surface area contributed by atoms with Crippen LogP contribution >= 0.6 is 0 Å². The van der Waals surface area contributed by atoms with Gasteiger partial charge in [0.05, 0.1) is 0 Å². The average Bonchev–Trinajstić information content (AvgIpc) is 2.14. The maximum Gasteiger partial charge on any atom is 0.0143 e. The van der Waals surface area contributed by atoms with Crippen molar-refractivity contribution in [2.75, 3.05) is 19.6 Å². The second-order valence-corrected chi connectivity index (χ2v) is 1.84. The number of hydrazine groups is 1. The Morgan fingerprint density at radius 2 is 2.57 bits per heavy atom. The summed E-state index contributed by atoms with van der Waals surface area (Å²) in [4.78, 5) is 0. The molecule has 0 amide bonds. The standard InChI is InChI=1S/C5H12N2/c1-2-7-5-3-4-6-7/h6H,2-5H2,1H3. The Morgan fingerprint density at radius 1 is 1.71 bits per heavy atom. The fourth-order valence-electron chi connectivity index (χ4n) is 0.856. The highest BCUT2D eigenvalue weighted by molar-refractivity contribution is 4.57. The summed E-state index contributed by atoms with van der Waals surface area (Å²) in [6.07, 6.45) is 1.31. The minimum Gasteiger partial charge on any atom is -0.255 e. The Labute approximate surface area is 44.5 Å². The van der Waals surface area contributed by atoms with Crippen LogP contribution in [0.1, 0.15) is 13.3 Å². The Hall–Kier alpha value is -0.0800. The van der Waals surface area contributed by atoms with Gasteiger partial charge in [-0.05, 0) is 6.42 Å². The van der Waals surface area contributed by atoms with Crippen molar-refractivity contribution in [2.24, 2.45) is 0 Å². The third-order valence-corrected chi connectivity index (χ3v) is 1.32. The molecule has 1 fully saturated rings. The summed E-state index contributed by atoms with van der Waals surface area (Å²) < 4.78 is 0. The van der Waals surface area contributed by atoms with E-state index in [4.69, 9.17) is 0 Å². The van der Waals surface area contributed by atoms with Crippen molar-refractivity contribution in [3.8, 4) is 0 Å². The molecule has 1 heterocycles. The highest BCUT2D eigenvalue weighted by Crippen LogP contribution is 1.92. The molecule has 7 heavy (non-hydrogen) atoms. The second-order valence-electron chi connectivity index (χ2n) is 1.84. The smallest absolute Gasteiger partial charge is 0.0143 e. The van der Waals surface area contributed by atoms with Crippen LogP contribution in [0, 0.1) is 0 Å². The van der Waals surface area contributed by atoms with Gasteiger partial charge in [0, 0.05) is 19.6 Å². The summed E-state index contributed by atoms with van der Waals surface area (Å²) in [6.45, 7) is 5.71. The van der Waals surface area contributed by atoms with Crippen molar-refractivity contribution >= 4 is 0 Å². The van der Waals surface area contributed by atoms with E-state index < -0.39 is 0 Å². The summed E-state index contributed by atoms with van der Waals surface area (Å²) in [5.41, 5.74) is 3.24. The van der Waals surface area contributed by atoms with Crippen molar-refractivity contribution in [1.29, 1.82) is 0 Å². The molecule has 0 radical (unpaired) electrons. The minimum atomic E-state index is 1.14. The molecule has 0 bridgehead atoms. The Morgan fingerprint density at radius 3 is 2.86 bits per heavy atom. The fraction of sp³-hybridized carbons (Fsp3) is 1.00. The minimum absolute atomic E-state index is 1.14. The number of hydrogen-bond donors (Lipinski definition) is 1. The van der Waals surface area contributed by atoms with Crippen LogP contribution in [0.3, 0.4) is 0 Å². The zero-order valence-electron chi connectivity index (χ0n) is 4.78. The van der Waals surface area contributed by atoms with Gasteiger partial charge in [-0.15, -0.1) is 0 Å². The molecule has 0 aliphatic carbocycles. The molecule has 0 saturated carbocycles. The number of nitrogens with one attached hydrogen (secondary N) is 1. The molecule has 1 aliphatic rings. The van der Waals surface area contributed by atoms with Crippen molar-refractivity contribution < 1.29 is 0 Å². The fourth-order valence-corrected chi connectivity index (χ4v) is 0.856. The molecule has 0 aromatic heterocycles.